The second-order valence-electron chi connectivity index (χ2n) is 4.97. The van der Waals surface area contributed by atoms with Crippen LogP contribution in [-0.4, -0.2) is 19.2 Å². The van der Waals surface area contributed by atoms with E-state index in [4.69, 9.17) is 14.2 Å². The monoisotopic (exact) mass is 284 g/mol. The minimum Gasteiger partial charge on any atom is -0.497 e. The summed E-state index contributed by atoms with van der Waals surface area (Å²) in [6, 6.07) is 12.8. The Labute approximate surface area is 123 Å². The van der Waals surface area contributed by atoms with Gasteiger partial charge in [-0.3, -0.25) is 4.79 Å². The van der Waals surface area contributed by atoms with Crippen molar-refractivity contribution in [2.45, 2.75) is 19.6 Å². The molecule has 0 saturated carbocycles. The number of Topliss-reactive ketones (excluding diaryl/α,β-unsaturated/α-hetero) is 1. The van der Waals surface area contributed by atoms with Crippen molar-refractivity contribution in [3.05, 3.63) is 53.6 Å². The zero-order valence-electron chi connectivity index (χ0n) is 12.0. The maximum atomic E-state index is 12.3. The van der Waals surface area contributed by atoms with Gasteiger partial charge in [0.1, 0.15) is 5.75 Å². The maximum absolute atomic E-state index is 12.3. The van der Waals surface area contributed by atoms with Crippen molar-refractivity contribution in [3.63, 3.8) is 0 Å². The van der Waals surface area contributed by atoms with E-state index in [1.165, 1.54) is 0 Å². The molecule has 1 atom stereocenters. The quantitative estimate of drug-likeness (QED) is 0.807. The molecule has 0 N–H and O–H groups in total. The van der Waals surface area contributed by atoms with Gasteiger partial charge in [0.05, 0.1) is 13.5 Å². The first-order valence-electron chi connectivity index (χ1n) is 6.77. The van der Waals surface area contributed by atoms with Crippen molar-refractivity contribution in [1.82, 2.24) is 0 Å². The molecule has 1 aliphatic rings. The first-order chi connectivity index (χ1) is 10.2. The Hall–Kier alpha value is -2.49. The van der Waals surface area contributed by atoms with Gasteiger partial charge < -0.3 is 14.2 Å². The summed E-state index contributed by atoms with van der Waals surface area (Å²) < 4.78 is 16.4. The molecular formula is C17H16O4. The number of ether oxygens (including phenoxy) is 3. The lowest BCUT2D eigenvalue weighted by Gasteiger charge is -2.09. The van der Waals surface area contributed by atoms with Crippen molar-refractivity contribution in [3.8, 4) is 17.2 Å². The molecule has 1 unspecified atom stereocenters. The number of fused-ring (bicyclic) bond motifs is 1. The molecule has 1 aliphatic heterocycles. The van der Waals surface area contributed by atoms with Gasteiger partial charge in [-0.05, 0) is 36.8 Å². The number of carbonyl (C=O) groups excluding carboxylic acids is 1. The first-order valence-corrected chi connectivity index (χ1v) is 6.77. The maximum Gasteiger partial charge on any atom is 0.248 e. The highest BCUT2D eigenvalue weighted by Gasteiger charge is 2.27. The third kappa shape index (κ3) is 2.84. The third-order valence-corrected chi connectivity index (χ3v) is 3.36. The van der Waals surface area contributed by atoms with Gasteiger partial charge in [-0.2, -0.15) is 0 Å². The van der Waals surface area contributed by atoms with Crippen LogP contribution in [0.1, 0.15) is 22.3 Å². The van der Waals surface area contributed by atoms with E-state index in [9.17, 15) is 4.79 Å². The predicted octanol–water partition coefficient (Wildman–Crippen LogP) is 3.37. The van der Waals surface area contributed by atoms with Gasteiger partial charge in [0.15, 0.2) is 17.3 Å². The minimum absolute atomic E-state index is 0.0385. The Morgan fingerprint density at radius 2 is 1.95 bits per heavy atom. The standard InChI is InChI=1S/C17H16O4/c1-11-6-7-15-16(8-11)21-17(20-15)10-14(18)12-4-3-5-13(9-12)19-2/h3-9,17H,10H2,1-2H3. The molecule has 0 bridgehead atoms. The SMILES string of the molecule is COc1cccc(C(=O)CC2Oc3ccc(C)cc3O2)c1. The van der Waals surface area contributed by atoms with Gasteiger partial charge in [-0.25, -0.2) is 0 Å². The van der Waals surface area contributed by atoms with E-state index in [0.29, 0.717) is 22.8 Å². The second-order valence-corrected chi connectivity index (χ2v) is 4.97. The highest BCUT2D eigenvalue weighted by atomic mass is 16.7. The number of ketones is 1. The number of rotatable bonds is 4. The van der Waals surface area contributed by atoms with Gasteiger partial charge >= 0.3 is 0 Å². The van der Waals surface area contributed by atoms with Crippen LogP contribution in [0.3, 0.4) is 0 Å². The van der Waals surface area contributed by atoms with Crippen molar-refractivity contribution in [1.29, 1.82) is 0 Å². The molecule has 0 aromatic heterocycles. The summed E-state index contributed by atoms with van der Waals surface area (Å²) in [5.74, 6) is 2.00. The lowest BCUT2D eigenvalue weighted by atomic mass is 10.1. The number of methoxy groups -OCH3 is 1. The summed E-state index contributed by atoms with van der Waals surface area (Å²) >= 11 is 0. The van der Waals surface area contributed by atoms with Crippen LogP contribution >= 0.6 is 0 Å². The van der Waals surface area contributed by atoms with Crippen molar-refractivity contribution >= 4 is 5.78 Å². The van der Waals surface area contributed by atoms with Crippen molar-refractivity contribution < 1.29 is 19.0 Å². The molecule has 0 spiro atoms. The summed E-state index contributed by atoms with van der Waals surface area (Å²) in [5, 5.41) is 0. The molecule has 0 aliphatic carbocycles. The fourth-order valence-corrected chi connectivity index (χ4v) is 2.26. The molecule has 0 saturated heterocycles. The first kappa shape index (κ1) is 13.5. The highest BCUT2D eigenvalue weighted by molar-refractivity contribution is 5.96. The van der Waals surface area contributed by atoms with E-state index in [-0.39, 0.29) is 12.2 Å². The van der Waals surface area contributed by atoms with Crippen LogP contribution < -0.4 is 14.2 Å². The van der Waals surface area contributed by atoms with Gasteiger partial charge in [-0.15, -0.1) is 0 Å². The Morgan fingerprint density at radius 3 is 2.76 bits per heavy atom. The van der Waals surface area contributed by atoms with E-state index >= 15 is 0 Å². The molecule has 0 amide bonds. The highest BCUT2D eigenvalue weighted by Crippen LogP contribution is 2.36. The second kappa shape index (κ2) is 5.48. The van der Waals surface area contributed by atoms with Crippen LogP contribution in [0.5, 0.6) is 17.2 Å². The van der Waals surface area contributed by atoms with E-state index in [2.05, 4.69) is 0 Å². The molecule has 2 aromatic rings. The Balaban J connectivity index is 1.69. The fraction of sp³-hybridized carbons (Fsp3) is 0.235. The Bertz CT molecular complexity index is 678. The molecule has 2 aromatic carbocycles. The van der Waals surface area contributed by atoms with Gasteiger partial charge in [0.25, 0.3) is 0 Å². The summed E-state index contributed by atoms with van der Waals surface area (Å²) in [6.07, 6.45) is -0.401. The molecule has 21 heavy (non-hydrogen) atoms. The molecule has 1 heterocycles. The third-order valence-electron chi connectivity index (χ3n) is 3.36. The zero-order chi connectivity index (χ0) is 14.8. The average molecular weight is 284 g/mol. The number of benzene rings is 2. The van der Waals surface area contributed by atoms with Crippen LogP contribution in [0.15, 0.2) is 42.5 Å². The average Bonchev–Trinajstić information content (AvgIpc) is 2.88. The van der Waals surface area contributed by atoms with E-state index in [1.807, 2.05) is 25.1 Å². The predicted molar refractivity (Wildman–Crippen MR) is 78.2 cm³/mol. The molecule has 4 nitrogen and oxygen atoms in total. The van der Waals surface area contributed by atoms with E-state index in [0.717, 1.165) is 5.56 Å². The largest absolute Gasteiger partial charge is 0.497 e. The lowest BCUT2D eigenvalue weighted by molar-refractivity contribution is 0.0392. The minimum atomic E-state index is -0.569. The number of aryl methyl sites for hydroxylation is 1. The molecule has 4 heteroatoms. The van der Waals surface area contributed by atoms with Gasteiger partial charge in [-0.1, -0.05) is 18.2 Å². The summed E-state index contributed by atoms with van der Waals surface area (Å²) in [4.78, 5) is 12.3. The number of carbonyl (C=O) groups is 1. The normalized spacial score (nSPS) is 15.8. The van der Waals surface area contributed by atoms with Crippen LogP contribution in [0.4, 0.5) is 0 Å². The lowest BCUT2D eigenvalue weighted by Crippen LogP contribution is -2.22. The van der Waals surface area contributed by atoms with E-state index in [1.54, 1.807) is 31.4 Å². The van der Waals surface area contributed by atoms with Crippen LogP contribution in [-0.2, 0) is 0 Å². The molecular weight excluding hydrogens is 268 g/mol. The van der Waals surface area contributed by atoms with Crippen LogP contribution in [0.2, 0.25) is 0 Å². The van der Waals surface area contributed by atoms with Gasteiger partial charge in [0, 0.05) is 5.56 Å². The van der Waals surface area contributed by atoms with Crippen LogP contribution in [0.25, 0.3) is 0 Å². The summed E-state index contributed by atoms with van der Waals surface area (Å²) in [7, 11) is 1.58. The van der Waals surface area contributed by atoms with Crippen molar-refractivity contribution in [2.75, 3.05) is 7.11 Å². The molecule has 0 radical (unpaired) electrons. The topological polar surface area (TPSA) is 44.8 Å². The number of hydrogen-bond acceptors (Lipinski definition) is 4. The van der Waals surface area contributed by atoms with Crippen molar-refractivity contribution in [2.24, 2.45) is 0 Å². The molecule has 108 valence electrons. The van der Waals surface area contributed by atoms with E-state index < -0.39 is 6.29 Å². The number of hydrogen-bond donors (Lipinski definition) is 0. The molecule has 0 fully saturated rings. The summed E-state index contributed by atoms with van der Waals surface area (Å²) in [6.45, 7) is 1.98. The Morgan fingerprint density at radius 1 is 1.14 bits per heavy atom. The fourth-order valence-electron chi connectivity index (χ4n) is 2.26. The van der Waals surface area contributed by atoms with Crippen LogP contribution in [0, 0.1) is 6.92 Å². The smallest absolute Gasteiger partial charge is 0.248 e. The Kier molecular flexibility index (Phi) is 3.52. The zero-order valence-corrected chi connectivity index (χ0v) is 12.0. The molecule has 3 rings (SSSR count). The summed E-state index contributed by atoms with van der Waals surface area (Å²) in [5.41, 5.74) is 1.69. The van der Waals surface area contributed by atoms with Gasteiger partial charge in [0.2, 0.25) is 6.29 Å².